The second kappa shape index (κ2) is 7.73. The molecule has 2 aliphatic rings. The number of rotatable bonds is 3. The summed E-state index contributed by atoms with van der Waals surface area (Å²) in [6.45, 7) is 2.08. The van der Waals surface area contributed by atoms with Gasteiger partial charge in [0.05, 0.1) is 12.6 Å². The van der Waals surface area contributed by atoms with Crippen LogP contribution in [0.5, 0.6) is 0 Å². The zero-order valence-electron chi connectivity index (χ0n) is 16.1. The van der Waals surface area contributed by atoms with Gasteiger partial charge in [0, 0.05) is 51.3 Å². The van der Waals surface area contributed by atoms with E-state index in [-0.39, 0.29) is 30.0 Å². The fourth-order valence-corrected chi connectivity index (χ4v) is 4.21. The van der Waals surface area contributed by atoms with Crippen LogP contribution in [-0.2, 0) is 35.9 Å². The van der Waals surface area contributed by atoms with Gasteiger partial charge >= 0.3 is 0 Å². The molecule has 1 unspecified atom stereocenters. The number of benzene rings is 1. The van der Waals surface area contributed by atoms with Crippen molar-refractivity contribution in [3.05, 3.63) is 53.1 Å². The number of aryl methyl sites for hydroxylation is 2. The Balaban J connectivity index is 1.31. The summed E-state index contributed by atoms with van der Waals surface area (Å²) in [5.41, 5.74) is 2.82. The van der Waals surface area contributed by atoms with Gasteiger partial charge in [-0.15, -0.1) is 0 Å². The van der Waals surface area contributed by atoms with Gasteiger partial charge in [-0.05, 0) is 30.0 Å². The topological polar surface area (TPSA) is 58.4 Å². The van der Waals surface area contributed by atoms with Crippen molar-refractivity contribution in [1.82, 2.24) is 19.6 Å². The first-order chi connectivity index (χ1) is 13.5. The Labute approximate surface area is 163 Å². The van der Waals surface area contributed by atoms with Gasteiger partial charge in [0.2, 0.25) is 11.8 Å². The molecule has 148 valence electrons. The van der Waals surface area contributed by atoms with Crippen LogP contribution in [-0.4, -0.2) is 57.6 Å². The van der Waals surface area contributed by atoms with E-state index in [1.807, 2.05) is 22.8 Å². The monoisotopic (exact) mass is 384 g/mol. The zero-order valence-corrected chi connectivity index (χ0v) is 16.1. The largest absolute Gasteiger partial charge is 0.339 e. The Kier molecular flexibility index (Phi) is 5.15. The Morgan fingerprint density at radius 2 is 1.86 bits per heavy atom. The highest BCUT2D eigenvalue weighted by Crippen LogP contribution is 2.26. The molecule has 0 saturated carbocycles. The average molecular weight is 384 g/mol. The minimum Gasteiger partial charge on any atom is -0.339 e. The molecule has 0 N–H and O–H groups in total. The van der Waals surface area contributed by atoms with Crippen molar-refractivity contribution in [2.75, 3.05) is 26.2 Å². The van der Waals surface area contributed by atoms with E-state index in [9.17, 15) is 14.0 Å². The molecule has 7 heteroatoms. The number of nitrogens with zero attached hydrogens (tertiary/aromatic N) is 4. The molecule has 2 amide bonds. The highest BCUT2D eigenvalue weighted by molar-refractivity contribution is 5.81. The number of carbonyl (C=O) groups is 2. The molecule has 0 radical (unpaired) electrons. The summed E-state index contributed by atoms with van der Waals surface area (Å²) in [7, 11) is 1.92. The van der Waals surface area contributed by atoms with Crippen LogP contribution >= 0.6 is 0 Å². The molecule has 0 bridgehead atoms. The van der Waals surface area contributed by atoms with E-state index in [0.29, 0.717) is 31.7 Å². The second-order valence-corrected chi connectivity index (χ2v) is 7.65. The summed E-state index contributed by atoms with van der Waals surface area (Å²) in [5, 5.41) is 4.30. The maximum absolute atomic E-state index is 13.8. The number of carbonyl (C=O) groups excluding carboxylic acids is 2. The molecule has 2 aromatic rings. The van der Waals surface area contributed by atoms with Crippen molar-refractivity contribution in [2.24, 2.45) is 13.0 Å². The van der Waals surface area contributed by atoms with Gasteiger partial charge in [-0.3, -0.25) is 14.3 Å². The SMILES string of the molecule is Cn1ncc2c1CC(C(=O)N1CCN(C(=O)Cc3ccccc3F)CC1)CC2. The molecule has 1 saturated heterocycles. The van der Waals surface area contributed by atoms with E-state index in [2.05, 4.69) is 5.10 Å². The number of aromatic nitrogens is 2. The Morgan fingerprint density at radius 1 is 1.14 bits per heavy atom. The Morgan fingerprint density at radius 3 is 2.61 bits per heavy atom. The van der Waals surface area contributed by atoms with Crippen LogP contribution < -0.4 is 0 Å². The van der Waals surface area contributed by atoms with Crippen molar-refractivity contribution in [2.45, 2.75) is 25.7 Å². The van der Waals surface area contributed by atoms with Crippen LogP contribution in [0.25, 0.3) is 0 Å². The summed E-state index contributed by atoms with van der Waals surface area (Å²) in [4.78, 5) is 29.0. The molecule has 1 fully saturated rings. The maximum atomic E-state index is 13.8. The molecular weight excluding hydrogens is 359 g/mol. The molecule has 1 atom stereocenters. The van der Waals surface area contributed by atoms with Gasteiger partial charge in [0.15, 0.2) is 0 Å². The molecule has 1 aromatic carbocycles. The maximum Gasteiger partial charge on any atom is 0.227 e. The second-order valence-electron chi connectivity index (χ2n) is 7.65. The summed E-state index contributed by atoms with van der Waals surface area (Å²) >= 11 is 0. The van der Waals surface area contributed by atoms with Gasteiger partial charge in [0.25, 0.3) is 0 Å². The van der Waals surface area contributed by atoms with Crippen LogP contribution in [0.15, 0.2) is 30.5 Å². The predicted octanol–water partition coefficient (Wildman–Crippen LogP) is 1.58. The molecule has 1 aliphatic carbocycles. The quantitative estimate of drug-likeness (QED) is 0.807. The first-order valence-electron chi connectivity index (χ1n) is 9.82. The van der Waals surface area contributed by atoms with Gasteiger partial charge in [-0.1, -0.05) is 18.2 Å². The van der Waals surface area contributed by atoms with Crippen LogP contribution in [0.2, 0.25) is 0 Å². The van der Waals surface area contributed by atoms with Gasteiger partial charge in [0.1, 0.15) is 5.82 Å². The summed E-state index contributed by atoms with van der Waals surface area (Å²) in [6, 6.07) is 6.37. The summed E-state index contributed by atoms with van der Waals surface area (Å²) < 4.78 is 15.6. The van der Waals surface area contributed by atoms with Crippen molar-refractivity contribution in [3.63, 3.8) is 0 Å². The van der Waals surface area contributed by atoms with E-state index in [1.165, 1.54) is 11.6 Å². The molecule has 1 aliphatic heterocycles. The highest BCUT2D eigenvalue weighted by Gasteiger charge is 2.32. The van der Waals surface area contributed by atoms with E-state index < -0.39 is 0 Å². The van der Waals surface area contributed by atoms with E-state index in [0.717, 1.165) is 25.0 Å². The van der Waals surface area contributed by atoms with Gasteiger partial charge in [-0.2, -0.15) is 5.10 Å². The smallest absolute Gasteiger partial charge is 0.227 e. The normalized spacial score (nSPS) is 19.4. The number of piperazine rings is 1. The van der Waals surface area contributed by atoms with E-state index in [1.54, 1.807) is 23.1 Å². The fraction of sp³-hybridized carbons (Fsp3) is 0.476. The molecule has 6 nitrogen and oxygen atoms in total. The summed E-state index contributed by atoms with van der Waals surface area (Å²) in [6.07, 6.45) is 4.43. The lowest BCUT2D eigenvalue weighted by atomic mass is 9.87. The third-order valence-corrected chi connectivity index (χ3v) is 5.94. The van der Waals surface area contributed by atoms with Crippen molar-refractivity contribution in [1.29, 1.82) is 0 Å². The lowest BCUT2D eigenvalue weighted by Crippen LogP contribution is -2.52. The van der Waals surface area contributed by atoms with Crippen molar-refractivity contribution >= 4 is 11.8 Å². The number of hydrogen-bond donors (Lipinski definition) is 0. The van der Waals surface area contributed by atoms with E-state index >= 15 is 0 Å². The molecule has 4 rings (SSSR count). The van der Waals surface area contributed by atoms with Crippen molar-refractivity contribution < 1.29 is 14.0 Å². The molecule has 0 spiro atoms. The minimum atomic E-state index is -0.350. The Hall–Kier alpha value is -2.70. The van der Waals surface area contributed by atoms with Crippen LogP contribution in [0.3, 0.4) is 0 Å². The third-order valence-electron chi connectivity index (χ3n) is 5.94. The Bertz CT molecular complexity index is 886. The molecule has 28 heavy (non-hydrogen) atoms. The molecule has 2 heterocycles. The average Bonchev–Trinajstić information content (AvgIpc) is 3.09. The van der Waals surface area contributed by atoms with Crippen LogP contribution in [0.4, 0.5) is 4.39 Å². The van der Waals surface area contributed by atoms with Gasteiger partial charge < -0.3 is 9.80 Å². The fourth-order valence-electron chi connectivity index (χ4n) is 4.21. The standard InChI is InChI=1S/C21H25FN4O2/c1-24-19-12-16(6-7-17(19)14-23-24)21(28)26-10-8-25(9-11-26)20(27)13-15-4-2-3-5-18(15)22/h2-5,14,16H,6-13H2,1H3. The molecule has 1 aromatic heterocycles. The van der Waals surface area contributed by atoms with Crippen LogP contribution in [0.1, 0.15) is 23.2 Å². The predicted molar refractivity (Wildman–Crippen MR) is 102 cm³/mol. The number of hydrogen-bond acceptors (Lipinski definition) is 3. The first-order valence-corrected chi connectivity index (χ1v) is 9.82. The number of fused-ring (bicyclic) bond motifs is 1. The summed E-state index contributed by atoms with van der Waals surface area (Å²) in [5.74, 6) is -0.275. The zero-order chi connectivity index (χ0) is 19.7. The lowest BCUT2D eigenvalue weighted by Gasteiger charge is -2.37. The number of amides is 2. The van der Waals surface area contributed by atoms with E-state index in [4.69, 9.17) is 0 Å². The van der Waals surface area contributed by atoms with Crippen molar-refractivity contribution in [3.8, 4) is 0 Å². The number of halogens is 1. The van der Waals surface area contributed by atoms with Crippen LogP contribution in [0, 0.1) is 11.7 Å². The lowest BCUT2D eigenvalue weighted by molar-refractivity contribution is -0.142. The first kappa shape index (κ1) is 18.7. The van der Waals surface area contributed by atoms with Gasteiger partial charge in [-0.25, -0.2) is 4.39 Å². The minimum absolute atomic E-state index is 0.0106. The molecular formula is C21H25FN4O2. The highest BCUT2D eigenvalue weighted by atomic mass is 19.1. The third kappa shape index (κ3) is 3.66.